The molecule has 3 nitrogen and oxygen atoms in total. The average molecular weight is 296 g/mol. The van der Waals surface area contributed by atoms with Gasteiger partial charge in [-0.3, -0.25) is 4.79 Å². The molecule has 0 aromatic rings. The first-order valence-electron chi connectivity index (χ1n) is 8.36. The van der Waals surface area contributed by atoms with Crippen LogP contribution >= 0.6 is 0 Å². The van der Waals surface area contributed by atoms with Crippen molar-refractivity contribution in [1.82, 2.24) is 0 Å². The van der Waals surface area contributed by atoms with Crippen LogP contribution in [0.1, 0.15) is 77.6 Å². The summed E-state index contributed by atoms with van der Waals surface area (Å²) in [5.41, 5.74) is 0. The van der Waals surface area contributed by atoms with E-state index in [1.165, 1.54) is 12.8 Å². The molecule has 0 amide bonds. The maximum Gasteiger partial charge on any atom is 0.303 e. The second kappa shape index (κ2) is 15.3. The number of aliphatic hydroxyl groups is 1. The summed E-state index contributed by atoms with van der Waals surface area (Å²) in [7, 11) is 0. The van der Waals surface area contributed by atoms with Crippen molar-refractivity contribution in [3.63, 3.8) is 0 Å². The number of rotatable bonds is 14. The zero-order valence-corrected chi connectivity index (χ0v) is 13.5. The molecule has 0 aromatic heterocycles. The molecule has 0 rings (SSSR count). The lowest BCUT2D eigenvalue weighted by atomic mass is 10.1. The monoisotopic (exact) mass is 296 g/mol. The number of unbranched alkanes of at least 4 members (excludes halogenated alkanes) is 4. The Kier molecular flexibility index (Phi) is 14.5. The van der Waals surface area contributed by atoms with Crippen LogP contribution in [0.25, 0.3) is 0 Å². The van der Waals surface area contributed by atoms with Crippen molar-refractivity contribution < 1.29 is 15.0 Å². The molecule has 1 atom stereocenters. The summed E-state index contributed by atoms with van der Waals surface area (Å²) in [6, 6.07) is 0. The summed E-state index contributed by atoms with van der Waals surface area (Å²) < 4.78 is 0. The van der Waals surface area contributed by atoms with E-state index in [2.05, 4.69) is 31.2 Å². The van der Waals surface area contributed by atoms with E-state index in [0.29, 0.717) is 0 Å². The minimum absolute atomic E-state index is 0.143. The molecule has 2 N–H and O–H groups in total. The van der Waals surface area contributed by atoms with Crippen LogP contribution in [-0.4, -0.2) is 22.3 Å². The molecule has 0 fully saturated rings. The second-order valence-electron chi connectivity index (χ2n) is 5.53. The first kappa shape index (κ1) is 19.9. The molecule has 0 aliphatic heterocycles. The van der Waals surface area contributed by atoms with Crippen LogP contribution in [0.4, 0.5) is 0 Å². The van der Waals surface area contributed by atoms with Gasteiger partial charge in [-0.05, 0) is 44.9 Å². The minimum atomic E-state index is -0.719. The summed E-state index contributed by atoms with van der Waals surface area (Å²) in [4.78, 5) is 10.3. The van der Waals surface area contributed by atoms with Crippen molar-refractivity contribution in [2.45, 2.75) is 83.7 Å². The van der Waals surface area contributed by atoms with Gasteiger partial charge < -0.3 is 10.2 Å². The lowest BCUT2D eigenvalue weighted by Gasteiger charge is -2.07. The van der Waals surface area contributed by atoms with Gasteiger partial charge in [0.2, 0.25) is 0 Å². The summed E-state index contributed by atoms with van der Waals surface area (Å²) in [6.07, 6.45) is 18.5. The Morgan fingerprint density at radius 1 is 0.905 bits per heavy atom. The lowest BCUT2D eigenvalue weighted by Crippen LogP contribution is -2.05. The van der Waals surface area contributed by atoms with Gasteiger partial charge in [-0.15, -0.1) is 0 Å². The highest BCUT2D eigenvalue weighted by Gasteiger charge is 2.01. The summed E-state index contributed by atoms with van der Waals surface area (Å²) in [6.45, 7) is 2.18. The van der Waals surface area contributed by atoms with Crippen molar-refractivity contribution in [3.8, 4) is 0 Å². The first-order valence-corrected chi connectivity index (χ1v) is 8.36. The fraction of sp³-hybridized carbons (Fsp3) is 0.722. The van der Waals surface area contributed by atoms with Crippen molar-refractivity contribution in [3.05, 3.63) is 24.3 Å². The molecule has 0 spiro atoms. The topological polar surface area (TPSA) is 57.5 Å². The van der Waals surface area contributed by atoms with Crippen molar-refractivity contribution in [2.75, 3.05) is 0 Å². The molecule has 0 bridgehead atoms. The first-order chi connectivity index (χ1) is 10.2. The van der Waals surface area contributed by atoms with E-state index in [9.17, 15) is 9.90 Å². The largest absolute Gasteiger partial charge is 0.481 e. The van der Waals surface area contributed by atoms with Gasteiger partial charge in [-0.1, -0.05) is 50.5 Å². The maximum absolute atomic E-state index is 10.3. The van der Waals surface area contributed by atoms with E-state index in [4.69, 9.17) is 5.11 Å². The molecule has 0 radical (unpaired) electrons. The SMILES string of the molecule is CCCCCC(O)CC/C=C\CC/C=C\CCCC(=O)O. The molecule has 0 saturated heterocycles. The predicted molar refractivity (Wildman–Crippen MR) is 88.4 cm³/mol. The number of carboxylic acid groups (broad SMARTS) is 1. The Morgan fingerprint density at radius 2 is 1.52 bits per heavy atom. The number of carboxylic acids is 1. The quantitative estimate of drug-likeness (QED) is 0.355. The van der Waals surface area contributed by atoms with Gasteiger partial charge in [0.1, 0.15) is 0 Å². The molecule has 0 saturated carbocycles. The maximum atomic E-state index is 10.3. The van der Waals surface area contributed by atoms with Crippen LogP contribution in [0.2, 0.25) is 0 Å². The molecule has 3 heteroatoms. The van der Waals surface area contributed by atoms with Crippen LogP contribution in [0.3, 0.4) is 0 Å². The summed E-state index contributed by atoms with van der Waals surface area (Å²) in [5.74, 6) is -0.719. The number of aliphatic carboxylic acids is 1. The highest BCUT2D eigenvalue weighted by Crippen LogP contribution is 2.09. The minimum Gasteiger partial charge on any atom is -0.481 e. The van der Waals surface area contributed by atoms with Gasteiger partial charge in [0.05, 0.1) is 6.10 Å². The predicted octanol–water partition coefficient (Wildman–Crippen LogP) is 4.86. The molecule has 21 heavy (non-hydrogen) atoms. The number of allylic oxidation sites excluding steroid dienone is 4. The van der Waals surface area contributed by atoms with Crippen LogP contribution in [0.5, 0.6) is 0 Å². The molecule has 0 heterocycles. The Morgan fingerprint density at radius 3 is 2.14 bits per heavy atom. The summed E-state index contributed by atoms with van der Waals surface area (Å²) >= 11 is 0. The third-order valence-corrected chi connectivity index (χ3v) is 3.40. The van der Waals surface area contributed by atoms with Crippen LogP contribution < -0.4 is 0 Å². The lowest BCUT2D eigenvalue weighted by molar-refractivity contribution is -0.137. The average Bonchev–Trinajstić information content (AvgIpc) is 2.44. The van der Waals surface area contributed by atoms with E-state index in [0.717, 1.165) is 51.4 Å². The molecule has 0 aliphatic rings. The summed E-state index contributed by atoms with van der Waals surface area (Å²) in [5, 5.41) is 18.2. The van der Waals surface area contributed by atoms with Gasteiger partial charge in [-0.25, -0.2) is 0 Å². The highest BCUT2D eigenvalue weighted by atomic mass is 16.4. The molecule has 0 aliphatic carbocycles. The van der Waals surface area contributed by atoms with E-state index in [1.807, 2.05) is 0 Å². The number of aliphatic hydroxyl groups excluding tert-OH is 1. The van der Waals surface area contributed by atoms with E-state index < -0.39 is 5.97 Å². The number of carbonyl (C=O) groups is 1. The van der Waals surface area contributed by atoms with Gasteiger partial charge in [0.15, 0.2) is 0 Å². The van der Waals surface area contributed by atoms with E-state index >= 15 is 0 Å². The zero-order valence-electron chi connectivity index (χ0n) is 13.5. The third kappa shape index (κ3) is 16.9. The second-order valence-corrected chi connectivity index (χ2v) is 5.53. The number of hydrogen-bond acceptors (Lipinski definition) is 2. The van der Waals surface area contributed by atoms with Crippen LogP contribution in [-0.2, 0) is 4.79 Å². The van der Waals surface area contributed by atoms with Gasteiger partial charge in [0, 0.05) is 6.42 Å². The fourth-order valence-corrected chi connectivity index (χ4v) is 2.10. The fourth-order valence-electron chi connectivity index (χ4n) is 2.10. The van der Waals surface area contributed by atoms with Crippen molar-refractivity contribution >= 4 is 5.97 Å². The van der Waals surface area contributed by atoms with Crippen LogP contribution in [0.15, 0.2) is 24.3 Å². The van der Waals surface area contributed by atoms with E-state index in [1.54, 1.807) is 0 Å². The Bertz CT molecular complexity index is 295. The third-order valence-electron chi connectivity index (χ3n) is 3.40. The molecule has 122 valence electrons. The van der Waals surface area contributed by atoms with E-state index in [-0.39, 0.29) is 12.5 Å². The van der Waals surface area contributed by atoms with Gasteiger partial charge >= 0.3 is 5.97 Å². The normalized spacial score (nSPS) is 13.2. The van der Waals surface area contributed by atoms with Crippen LogP contribution in [0, 0.1) is 0 Å². The molecule has 0 aromatic carbocycles. The van der Waals surface area contributed by atoms with Crippen molar-refractivity contribution in [1.29, 1.82) is 0 Å². The Balaban J connectivity index is 3.35. The molecule has 1 unspecified atom stereocenters. The van der Waals surface area contributed by atoms with Crippen molar-refractivity contribution in [2.24, 2.45) is 0 Å². The Hall–Kier alpha value is -1.09. The Labute approximate surface area is 129 Å². The molecular weight excluding hydrogens is 264 g/mol. The molecular formula is C18H32O3. The number of hydrogen-bond donors (Lipinski definition) is 2. The van der Waals surface area contributed by atoms with Gasteiger partial charge in [-0.2, -0.15) is 0 Å². The highest BCUT2D eigenvalue weighted by molar-refractivity contribution is 5.66. The smallest absolute Gasteiger partial charge is 0.303 e. The van der Waals surface area contributed by atoms with Gasteiger partial charge in [0.25, 0.3) is 0 Å². The standard InChI is InChI=1S/C18H32O3/c1-2-3-11-14-17(19)15-12-9-7-5-4-6-8-10-13-16-18(20)21/h6-9,17,19H,2-5,10-16H2,1H3,(H,20,21)/b8-6-,9-7-. The zero-order chi connectivity index (χ0) is 15.8.